The van der Waals surface area contributed by atoms with Gasteiger partial charge in [-0.05, 0) is 25.8 Å². The fourth-order valence-electron chi connectivity index (χ4n) is 3.61. The second-order valence-electron chi connectivity index (χ2n) is 6.63. The van der Waals surface area contributed by atoms with Crippen molar-refractivity contribution in [3.05, 3.63) is 36.3 Å². The summed E-state index contributed by atoms with van der Waals surface area (Å²) >= 11 is 0. The molecule has 0 unspecified atom stereocenters. The number of aryl methyl sites for hydroxylation is 1. The molecule has 0 aromatic carbocycles. The van der Waals surface area contributed by atoms with Crippen LogP contribution >= 0.6 is 0 Å². The molecule has 2 saturated heterocycles. The predicted octanol–water partition coefficient (Wildman–Crippen LogP) is 1.47. The number of ether oxygens (including phenoxy) is 2. The highest BCUT2D eigenvalue weighted by molar-refractivity contribution is 5.92. The Labute approximate surface area is 145 Å². The van der Waals surface area contributed by atoms with Gasteiger partial charge in [-0.1, -0.05) is 0 Å². The van der Waals surface area contributed by atoms with Crippen molar-refractivity contribution >= 4 is 5.91 Å². The van der Waals surface area contributed by atoms with E-state index in [9.17, 15) is 4.79 Å². The number of aromatic nitrogens is 3. The van der Waals surface area contributed by atoms with Crippen molar-refractivity contribution in [1.29, 1.82) is 0 Å². The van der Waals surface area contributed by atoms with Gasteiger partial charge in [0.25, 0.3) is 5.91 Å². The van der Waals surface area contributed by atoms with Gasteiger partial charge >= 0.3 is 6.01 Å². The third kappa shape index (κ3) is 3.09. The Balaban J connectivity index is 1.50. The van der Waals surface area contributed by atoms with E-state index in [2.05, 4.69) is 15.0 Å². The van der Waals surface area contributed by atoms with E-state index >= 15 is 0 Å². The molecule has 2 aromatic rings. The summed E-state index contributed by atoms with van der Waals surface area (Å²) in [7, 11) is 0. The second-order valence-corrected chi connectivity index (χ2v) is 6.63. The zero-order chi connectivity index (χ0) is 17.3. The highest BCUT2D eigenvalue weighted by Crippen LogP contribution is 2.41. The van der Waals surface area contributed by atoms with Gasteiger partial charge in [-0.15, -0.1) is 0 Å². The first-order chi connectivity index (χ1) is 12.2. The minimum Gasteiger partial charge on any atom is -0.463 e. The number of likely N-dealkylation sites (tertiary alicyclic amines) is 1. The predicted molar refractivity (Wildman–Crippen MR) is 86.1 cm³/mol. The monoisotopic (exact) mass is 344 g/mol. The molecule has 0 aliphatic carbocycles. The van der Waals surface area contributed by atoms with Crippen molar-refractivity contribution in [2.24, 2.45) is 5.41 Å². The summed E-state index contributed by atoms with van der Waals surface area (Å²) in [5.41, 5.74) is 0.939. The lowest BCUT2D eigenvalue weighted by atomic mass is 9.77. The SMILES string of the molecule is Cc1ccnc(OC[C@@]23CCO[C@@H]2CCN(C(=O)c2cocn2)C3)n1. The Morgan fingerprint density at radius 3 is 3.20 bits per heavy atom. The standard InChI is InChI=1S/C17H20N4O4/c1-12-2-5-18-16(20-12)25-10-17-4-7-24-14(17)3-6-21(9-17)15(22)13-8-23-11-19-13/h2,5,8,11,14H,3-4,6-7,9-10H2,1H3/t14-,17+/m1/s1. The number of oxazole rings is 1. The van der Waals surface area contributed by atoms with E-state index in [-0.39, 0.29) is 17.4 Å². The number of carbonyl (C=O) groups is 1. The van der Waals surface area contributed by atoms with Crippen LogP contribution in [0.1, 0.15) is 29.0 Å². The van der Waals surface area contributed by atoms with Crippen molar-refractivity contribution in [3.63, 3.8) is 0 Å². The normalized spacial score (nSPS) is 25.6. The third-order valence-electron chi connectivity index (χ3n) is 4.97. The molecule has 0 spiro atoms. The van der Waals surface area contributed by atoms with Gasteiger partial charge in [-0.2, -0.15) is 0 Å². The van der Waals surface area contributed by atoms with Crippen LogP contribution in [0.15, 0.2) is 29.3 Å². The van der Waals surface area contributed by atoms with Crippen molar-refractivity contribution in [3.8, 4) is 6.01 Å². The Hall–Kier alpha value is -2.48. The van der Waals surface area contributed by atoms with E-state index in [0.717, 1.165) is 18.5 Å². The molecule has 2 aromatic heterocycles. The first-order valence-corrected chi connectivity index (χ1v) is 8.38. The highest BCUT2D eigenvalue weighted by atomic mass is 16.5. The molecule has 8 nitrogen and oxygen atoms in total. The van der Waals surface area contributed by atoms with Gasteiger partial charge in [0, 0.05) is 31.6 Å². The van der Waals surface area contributed by atoms with Crippen LogP contribution in [0.5, 0.6) is 6.01 Å². The number of amides is 1. The van der Waals surface area contributed by atoms with E-state index in [4.69, 9.17) is 13.9 Å². The fraction of sp³-hybridized carbons (Fsp3) is 0.529. The zero-order valence-corrected chi connectivity index (χ0v) is 14.1. The molecule has 0 saturated carbocycles. The summed E-state index contributed by atoms with van der Waals surface area (Å²) in [6.45, 7) is 4.19. The molecule has 2 fully saturated rings. The molecule has 8 heteroatoms. The number of piperidine rings is 1. The van der Waals surface area contributed by atoms with Crippen molar-refractivity contribution in [2.75, 3.05) is 26.3 Å². The van der Waals surface area contributed by atoms with E-state index in [1.54, 1.807) is 6.20 Å². The molecule has 2 atom stereocenters. The Morgan fingerprint density at radius 1 is 1.48 bits per heavy atom. The maximum absolute atomic E-state index is 12.6. The van der Waals surface area contributed by atoms with Gasteiger partial charge in [0.05, 0.1) is 11.5 Å². The van der Waals surface area contributed by atoms with Gasteiger partial charge in [-0.25, -0.2) is 15.0 Å². The second kappa shape index (κ2) is 6.44. The quantitative estimate of drug-likeness (QED) is 0.829. The summed E-state index contributed by atoms with van der Waals surface area (Å²) in [5, 5.41) is 0. The molecule has 0 N–H and O–H groups in total. The van der Waals surface area contributed by atoms with Gasteiger partial charge in [0.15, 0.2) is 12.1 Å². The average Bonchev–Trinajstić information content (AvgIpc) is 3.29. The lowest BCUT2D eigenvalue weighted by Gasteiger charge is -2.42. The Bertz CT molecular complexity index is 751. The van der Waals surface area contributed by atoms with Crippen molar-refractivity contribution < 1.29 is 18.7 Å². The molecule has 132 valence electrons. The number of fused-ring (bicyclic) bond motifs is 1. The topological polar surface area (TPSA) is 90.6 Å². The molecule has 4 heterocycles. The van der Waals surface area contributed by atoms with Gasteiger partial charge in [-0.3, -0.25) is 4.79 Å². The number of carbonyl (C=O) groups excluding carboxylic acids is 1. The number of hydrogen-bond acceptors (Lipinski definition) is 7. The first kappa shape index (κ1) is 16.0. The maximum atomic E-state index is 12.6. The molecule has 4 rings (SSSR count). The lowest BCUT2D eigenvalue weighted by Crippen LogP contribution is -2.54. The van der Waals surface area contributed by atoms with E-state index in [0.29, 0.717) is 38.0 Å². The molecular weight excluding hydrogens is 324 g/mol. The van der Waals surface area contributed by atoms with Gasteiger partial charge in [0.1, 0.15) is 12.9 Å². The fourth-order valence-corrected chi connectivity index (χ4v) is 3.61. The van der Waals surface area contributed by atoms with Crippen LogP contribution in [0.25, 0.3) is 0 Å². The first-order valence-electron chi connectivity index (χ1n) is 8.38. The smallest absolute Gasteiger partial charge is 0.316 e. The average molecular weight is 344 g/mol. The Morgan fingerprint density at radius 2 is 2.40 bits per heavy atom. The maximum Gasteiger partial charge on any atom is 0.316 e. The molecule has 1 amide bonds. The van der Waals surface area contributed by atoms with Crippen LogP contribution in [0.3, 0.4) is 0 Å². The summed E-state index contributed by atoms with van der Waals surface area (Å²) < 4.78 is 16.7. The van der Waals surface area contributed by atoms with Crippen LogP contribution < -0.4 is 4.74 Å². The summed E-state index contributed by atoms with van der Waals surface area (Å²) in [6, 6.07) is 2.19. The lowest BCUT2D eigenvalue weighted by molar-refractivity contribution is -0.0340. The van der Waals surface area contributed by atoms with Crippen molar-refractivity contribution in [2.45, 2.75) is 25.9 Å². The summed E-state index contributed by atoms with van der Waals surface area (Å²) in [6.07, 6.45) is 6.03. The van der Waals surface area contributed by atoms with E-state index in [1.165, 1.54) is 12.7 Å². The van der Waals surface area contributed by atoms with Crippen LogP contribution in [0, 0.1) is 12.3 Å². The number of nitrogens with zero attached hydrogens (tertiary/aromatic N) is 4. The largest absolute Gasteiger partial charge is 0.463 e. The third-order valence-corrected chi connectivity index (χ3v) is 4.97. The summed E-state index contributed by atoms with van der Waals surface area (Å²) in [4.78, 5) is 26.8. The number of hydrogen-bond donors (Lipinski definition) is 0. The van der Waals surface area contributed by atoms with Crippen LogP contribution in [0.2, 0.25) is 0 Å². The van der Waals surface area contributed by atoms with Gasteiger partial charge < -0.3 is 18.8 Å². The minimum absolute atomic E-state index is 0.0821. The molecule has 0 bridgehead atoms. The number of rotatable bonds is 4. The zero-order valence-electron chi connectivity index (χ0n) is 14.1. The van der Waals surface area contributed by atoms with Crippen LogP contribution in [-0.4, -0.2) is 58.2 Å². The van der Waals surface area contributed by atoms with E-state index in [1.807, 2.05) is 17.9 Å². The molecular formula is C17H20N4O4. The van der Waals surface area contributed by atoms with Crippen molar-refractivity contribution in [1.82, 2.24) is 19.9 Å². The van der Waals surface area contributed by atoms with Gasteiger partial charge in [0.2, 0.25) is 0 Å². The molecule has 2 aliphatic heterocycles. The Kier molecular flexibility index (Phi) is 4.12. The molecule has 25 heavy (non-hydrogen) atoms. The van der Waals surface area contributed by atoms with Crippen LogP contribution in [0.4, 0.5) is 0 Å². The molecule has 0 radical (unpaired) electrons. The summed E-state index contributed by atoms with van der Waals surface area (Å²) in [5.74, 6) is -0.120. The highest BCUT2D eigenvalue weighted by Gasteiger charge is 2.50. The minimum atomic E-state index is -0.245. The van der Waals surface area contributed by atoms with E-state index < -0.39 is 0 Å². The molecule has 2 aliphatic rings. The van der Waals surface area contributed by atoms with Crippen LogP contribution in [-0.2, 0) is 4.74 Å².